The summed E-state index contributed by atoms with van der Waals surface area (Å²) < 4.78 is 13.6. The van der Waals surface area contributed by atoms with Crippen molar-refractivity contribution in [1.82, 2.24) is 0 Å². The van der Waals surface area contributed by atoms with Crippen LogP contribution < -0.4 is 4.90 Å². The van der Waals surface area contributed by atoms with E-state index in [0.717, 1.165) is 25.3 Å². The van der Waals surface area contributed by atoms with E-state index in [1.165, 1.54) is 6.07 Å². The lowest BCUT2D eigenvalue weighted by atomic mass is 10.1. The van der Waals surface area contributed by atoms with Gasteiger partial charge in [-0.3, -0.25) is 10.1 Å². The van der Waals surface area contributed by atoms with Crippen molar-refractivity contribution in [3.63, 3.8) is 0 Å². The summed E-state index contributed by atoms with van der Waals surface area (Å²) >= 11 is 0. The second kappa shape index (κ2) is 4.92. The average molecular weight is 252 g/mol. The highest BCUT2D eigenvalue weighted by Crippen LogP contribution is 2.38. The third kappa shape index (κ3) is 2.05. The van der Waals surface area contributed by atoms with Gasteiger partial charge in [0.15, 0.2) is 0 Å². The zero-order valence-corrected chi connectivity index (χ0v) is 10.6. The Balaban J connectivity index is 2.50. The van der Waals surface area contributed by atoms with Gasteiger partial charge in [-0.2, -0.15) is 4.39 Å². The van der Waals surface area contributed by atoms with E-state index in [2.05, 4.69) is 6.92 Å². The standard InChI is InChI=1S/C13H17FN2O2/c1-3-10-8-7-9(2)15(10)12-6-4-5-11(14)13(12)16(17)18/h4-6,9-10H,3,7-8H2,1-2H3. The highest BCUT2D eigenvalue weighted by atomic mass is 19.1. The number of nitro benzene ring substituents is 1. The molecular weight excluding hydrogens is 235 g/mol. The van der Waals surface area contributed by atoms with E-state index < -0.39 is 16.4 Å². The predicted octanol–water partition coefficient (Wildman–Crippen LogP) is 3.50. The first kappa shape index (κ1) is 12.8. The van der Waals surface area contributed by atoms with Crippen LogP contribution in [0.4, 0.5) is 15.8 Å². The highest BCUT2D eigenvalue weighted by Gasteiger charge is 2.34. The molecule has 18 heavy (non-hydrogen) atoms. The Kier molecular flexibility index (Phi) is 3.50. The summed E-state index contributed by atoms with van der Waals surface area (Å²) in [5.41, 5.74) is 0.0153. The first-order chi connectivity index (χ1) is 8.56. The Labute approximate surface area is 106 Å². The Hall–Kier alpha value is -1.65. The summed E-state index contributed by atoms with van der Waals surface area (Å²) in [7, 11) is 0. The van der Waals surface area contributed by atoms with Crippen molar-refractivity contribution in [2.75, 3.05) is 4.90 Å². The third-order valence-electron chi connectivity index (χ3n) is 3.68. The van der Waals surface area contributed by atoms with Gasteiger partial charge in [0.25, 0.3) is 0 Å². The van der Waals surface area contributed by atoms with Crippen molar-refractivity contribution in [3.8, 4) is 0 Å². The van der Waals surface area contributed by atoms with Gasteiger partial charge < -0.3 is 4.90 Å². The molecule has 1 aliphatic heterocycles. The molecule has 1 heterocycles. The van der Waals surface area contributed by atoms with Crippen LogP contribution in [0, 0.1) is 15.9 Å². The van der Waals surface area contributed by atoms with Crippen molar-refractivity contribution in [3.05, 3.63) is 34.1 Å². The van der Waals surface area contributed by atoms with Crippen molar-refractivity contribution in [2.45, 2.75) is 45.2 Å². The monoisotopic (exact) mass is 252 g/mol. The van der Waals surface area contributed by atoms with Crippen LogP contribution in [-0.4, -0.2) is 17.0 Å². The van der Waals surface area contributed by atoms with Crippen molar-refractivity contribution >= 4 is 11.4 Å². The minimum absolute atomic E-state index is 0.218. The van der Waals surface area contributed by atoms with Crippen LogP contribution in [0.1, 0.15) is 33.1 Å². The molecule has 0 radical (unpaired) electrons. The lowest BCUT2D eigenvalue weighted by molar-refractivity contribution is -0.386. The molecule has 0 aliphatic carbocycles. The quantitative estimate of drug-likeness (QED) is 0.611. The van der Waals surface area contributed by atoms with Crippen LogP contribution >= 0.6 is 0 Å². The fraction of sp³-hybridized carbons (Fsp3) is 0.538. The van der Waals surface area contributed by atoms with Gasteiger partial charge in [-0.05, 0) is 38.3 Å². The molecule has 98 valence electrons. The minimum atomic E-state index is -0.758. The molecule has 4 nitrogen and oxygen atoms in total. The number of halogens is 1. The van der Waals surface area contributed by atoms with Crippen LogP contribution in [0.15, 0.2) is 18.2 Å². The summed E-state index contributed by atoms with van der Waals surface area (Å²) in [6.07, 6.45) is 2.91. The molecule has 0 spiro atoms. The highest BCUT2D eigenvalue weighted by molar-refractivity contribution is 5.65. The molecule has 0 saturated carbocycles. The summed E-state index contributed by atoms with van der Waals surface area (Å²) in [5.74, 6) is -0.758. The minimum Gasteiger partial charge on any atom is -0.360 e. The number of para-hydroxylation sites is 1. The molecule has 2 atom stereocenters. The molecule has 0 aromatic heterocycles. The number of rotatable bonds is 3. The van der Waals surface area contributed by atoms with E-state index in [1.807, 2.05) is 11.8 Å². The molecule has 0 amide bonds. The van der Waals surface area contributed by atoms with Crippen LogP contribution in [-0.2, 0) is 0 Å². The maximum Gasteiger partial charge on any atom is 0.327 e. The van der Waals surface area contributed by atoms with Gasteiger partial charge in [-0.15, -0.1) is 0 Å². The Bertz CT molecular complexity index is 464. The van der Waals surface area contributed by atoms with E-state index in [0.29, 0.717) is 5.69 Å². The normalized spacial score (nSPS) is 23.4. The van der Waals surface area contributed by atoms with E-state index in [1.54, 1.807) is 6.07 Å². The zero-order chi connectivity index (χ0) is 13.3. The second-order valence-corrected chi connectivity index (χ2v) is 4.76. The largest absolute Gasteiger partial charge is 0.360 e. The van der Waals surface area contributed by atoms with E-state index in [-0.39, 0.29) is 12.1 Å². The lowest BCUT2D eigenvalue weighted by Crippen LogP contribution is -2.34. The van der Waals surface area contributed by atoms with Gasteiger partial charge in [0, 0.05) is 12.1 Å². The average Bonchev–Trinajstić information content (AvgIpc) is 2.69. The Morgan fingerprint density at radius 2 is 2.22 bits per heavy atom. The molecular formula is C13H17FN2O2. The molecule has 5 heteroatoms. The zero-order valence-electron chi connectivity index (χ0n) is 10.6. The van der Waals surface area contributed by atoms with Gasteiger partial charge >= 0.3 is 5.69 Å². The summed E-state index contributed by atoms with van der Waals surface area (Å²) in [5, 5.41) is 11.0. The molecule has 1 aliphatic rings. The van der Waals surface area contributed by atoms with Crippen molar-refractivity contribution in [1.29, 1.82) is 0 Å². The molecule has 2 rings (SSSR count). The van der Waals surface area contributed by atoms with Crippen molar-refractivity contribution in [2.24, 2.45) is 0 Å². The second-order valence-electron chi connectivity index (χ2n) is 4.76. The Morgan fingerprint density at radius 3 is 2.83 bits per heavy atom. The summed E-state index contributed by atoms with van der Waals surface area (Å²) in [6.45, 7) is 4.09. The van der Waals surface area contributed by atoms with E-state index >= 15 is 0 Å². The summed E-state index contributed by atoms with van der Waals surface area (Å²) in [4.78, 5) is 12.4. The molecule has 1 aromatic carbocycles. The van der Waals surface area contributed by atoms with E-state index in [4.69, 9.17) is 0 Å². The number of benzene rings is 1. The van der Waals surface area contributed by atoms with Gasteiger partial charge in [-0.25, -0.2) is 0 Å². The molecule has 1 fully saturated rings. The number of hydrogen-bond donors (Lipinski definition) is 0. The Morgan fingerprint density at radius 1 is 1.50 bits per heavy atom. The number of anilines is 1. The summed E-state index contributed by atoms with van der Waals surface area (Å²) in [6, 6.07) is 4.81. The first-order valence-electron chi connectivity index (χ1n) is 6.27. The molecule has 2 unspecified atom stereocenters. The van der Waals surface area contributed by atoms with E-state index in [9.17, 15) is 14.5 Å². The lowest BCUT2D eigenvalue weighted by Gasteiger charge is -2.29. The van der Waals surface area contributed by atoms with Gasteiger partial charge in [0.05, 0.1) is 4.92 Å². The number of hydrogen-bond acceptors (Lipinski definition) is 3. The predicted molar refractivity (Wildman–Crippen MR) is 68.3 cm³/mol. The van der Waals surface area contributed by atoms with Gasteiger partial charge in [0.2, 0.25) is 5.82 Å². The topological polar surface area (TPSA) is 46.4 Å². The molecule has 1 aromatic rings. The maximum absolute atomic E-state index is 13.6. The van der Waals surface area contributed by atoms with Crippen molar-refractivity contribution < 1.29 is 9.31 Å². The molecule has 0 N–H and O–H groups in total. The fourth-order valence-corrected chi connectivity index (χ4v) is 2.80. The smallest absolute Gasteiger partial charge is 0.327 e. The first-order valence-corrected chi connectivity index (χ1v) is 6.27. The van der Waals surface area contributed by atoms with Crippen LogP contribution in [0.5, 0.6) is 0 Å². The molecule has 1 saturated heterocycles. The third-order valence-corrected chi connectivity index (χ3v) is 3.68. The van der Waals surface area contributed by atoms with Gasteiger partial charge in [-0.1, -0.05) is 13.0 Å². The SMILES string of the molecule is CCC1CCC(C)N1c1cccc(F)c1[N+](=O)[O-]. The van der Waals surface area contributed by atoms with Crippen LogP contribution in [0.3, 0.4) is 0 Å². The fourth-order valence-electron chi connectivity index (χ4n) is 2.80. The maximum atomic E-state index is 13.6. The molecule has 0 bridgehead atoms. The van der Waals surface area contributed by atoms with Crippen LogP contribution in [0.25, 0.3) is 0 Å². The van der Waals surface area contributed by atoms with Gasteiger partial charge in [0.1, 0.15) is 5.69 Å². The van der Waals surface area contributed by atoms with Crippen LogP contribution in [0.2, 0.25) is 0 Å². The number of nitro groups is 1. The number of nitrogens with zero attached hydrogens (tertiary/aromatic N) is 2.